The third-order valence-electron chi connectivity index (χ3n) is 5.16. The highest BCUT2D eigenvalue weighted by Gasteiger charge is 2.49. The van der Waals surface area contributed by atoms with Crippen LogP contribution in [0.2, 0.25) is 0 Å². The second-order valence-electron chi connectivity index (χ2n) is 6.63. The van der Waals surface area contributed by atoms with Crippen LogP contribution in [-0.2, 0) is 4.79 Å². The van der Waals surface area contributed by atoms with Crippen LogP contribution in [0.5, 0.6) is 0 Å². The van der Waals surface area contributed by atoms with Crippen molar-refractivity contribution in [1.82, 2.24) is 14.5 Å². The Bertz CT molecular complexity index is 529. The molecule has 1 saturated carbocycles. The number of nitrogens with zero attached hydrogens (tertiary/aromatic N) is 3. The number of alkyl halides is 3. The molecular weight excluding hydrogens is 307 g/mol. The molecule has 3 rings (SSSR count). The van der Waals surface area contributed by atoms with Gasteiger partial charge in [0.05, 0.1) is 18.3 Å². The number of aromatic nitrogens is 2. The molecule has 1 aliphatic carbocycles. The number of carbonyl (C=O) groups excluding carboxylic acids is 1. The number of imidazole rings is 1. The maximum atomic E-state index is 13.2. The molecule has 2 aliphatic rings. The fourth-order valence-corrected chi connectivity index (χ4v) is 3.94. The maximum Gasteiger partial charge on any atom is 0.392 e. The molecule has 7 heteroatoms. The maximum absolute atomic E-state index is 13.2. The molecule has 2 heterocycles. The van der Waals surface area contributed by atoms with Crippen molar-refractivity contribution in [3.63, 3.8) is 0 Å². The third-order valence-corrected chi connectivity index (χ3v) is 5.16. The van der Waals surface area contributed by atoms with Gasteiger partial charge in [-0.3, -0.25) is 4.79 Å². The number of rotatable bonds is 2. The average molecular weight is 329 g/mol. The molecule has 0 aromatic carbocycles. The molecule has 3 unspecified atom stereocenters. The van der Waals surface area contributed by atoms with Crippen LogP contribution >= 0.6 is 0 Å². The van der Waals surface area contributed by atoms with Crippen LogP contribution in [0.3, 0.4) is 0 Å². The Morgan fingerprint density at radius 3 is 2.61 bits per heavy atom. The van der Waals surface area contributed by atoms with Gasteiger partial charge in [0, 0.05) is 31.4 Å². The van der Waals surface area contributed by atoms with Crippen molar-refractivity contribution >= 4 is 5.91 Å². The Morgan fingerprint density at radius 1 is 1.13 bits per heavy atom. The standard InChI is InChI=1S/C16H22F3N3O/c17-16(18,19)14-6-2-1-5-13(14)15(23)21-8-3-4-12(10-21)22-9-7-20-11-22/h7,9,11-14H,1-6,8,10H2. The summed E-state index contributed by atoms with van der Waals surface area (Å²) in [5.74, 6) is -2.68. The molecule has 1 saturated heterocycles. The Morgan fingerprint density at radius 2 is 1.91 bits per heavy atom. The number of hydrogen-bond acceptors (Lipinski definition) is 2. The highest BCUT2D eigenvalue weighted by atomic mass is 19.4. The van der Waals surface area contributed by atoms with Crippen molar-refractivity contribution in [3.8, 4) is 0 Å². The number of likely N-dealkylation sites (tertiary alicyclic amines) is 1. The molecule has 0 N–H and O–H groups in total. The predicted octanol–water partition coefficient (Wildman–Crippen LogP) is 3.42. The van der Waals surface area contributed by atoms with Gasteiger partial charge in [-0.05, 0) is 25.7 Å². The summed E-state index contributed by atoms with van der Waals surface area (Å²) >= 11 is 0. The Balaban J connectivity index is 1.71. The zero-order chi connectivity index (χ0) is 16.4. The fraction of sp³-hybridized carbons (Fsp3) is 0.750. The van der Waals surface area contributed by atoms with Crippen LogP contribution in [0.4, 0.5) is 13.2 Å². The average Bonchev–Trinajstić information content (AvgIpc) is 3.08. The first-order chi connectivity index (χ1) is 11.0. The summed E-state index contributed by atoms with van der Waals surface area (Å²) in [6.07, 6.45) is 4.41. The summed E-state index contributed by atoms with van der Waals surface area (Å²) in [6, 6.07) is 0.114. The van der Waals surface area contributed by atoms with E-state index >= 15 is 0 Å². The van der Waals surface area contributed by atoms with E-state index in [2.05, 4.69) is 4.98 Å². The van der Waals surface area contributed by atoms with Gasteiger partial charge < -0.3 is 9.47 Å². The SMILES string of the molecule is O=C(C1CCCCC1C(F)(F)F)N1CCCC(n2ccnc2)C1. The number of carbonyl (C=O) groups is 1. The molecule has 0 spiro atoms. The minimum Gasteiger partial charge on any atom is -0.340 e. The summed E-state index contributed by atoms with van der Waals surface area (Å²) in [6.45, 7) is 1.04. The van der Waals surface area contributed by atoms with Crippen molar-refractivity contribution in [1.29, 1.82) is 0 Å². The Labute approximate surface area is 133 Å². The number of hydrogen-bond donors (Lipinski definition) is 0. The van der Waals surface area contributed by atoms with E-state index in [1.54, 1.807) is 17.4 Å². The highest BCUT2D eigenvalue weighted by molar-refractivity contribution is 5.79. The van der Waals surface area contributed by atoms with Crippen LogP contribution in [0.1, 0.15) is 44.6 Å². The van der Waals surface area contributed by atoms with E-state index in [1.807, 2.05) is 10.8 Å². The van der Waals surface area contributed by atoms with E-state index in [-0.39, 0.29) is 18.4 Å². The molecule has 1 amide bonds. The summed E-state index contributed by atoms with van der Waals surface area (Å²) in [5, 5.41) is 0. The Kier molecular flexibility index (Phi) is 4.64. The summed E-state index contributed by atoms with van der Waals surface area (Å²) < 4.78 is 41.7. The van der Waals surface area contributed by atoms with Crippen molar-refractivity contribution in [2.75, 3.05) is 13.1 Å². The van der Waals surface area contributed by atoms with Gasteiger partial charge in [-0.2, -0.15) is 13.2 Å². The highest BCUT2D eigenvalue weighted by Crippen LogP contribution is 2.42. The molecule has 0 bridgehead atoms. The minimum atomic E-state index is -4.28. The van der Waals surface area contributed by atoms with Crippen LogP contribution < -0.4 is 0 Å². The lowest BCUT2D eigenvalue weighted by Crippen LogP contribution is -2.48. The molecule has 1 aliphatic heterocycles. The molecule has 0 radical (unpaired) electrons. The largest absolute Gasteiger partial charge is 0.392 e. The van der Waals surface area contributed by atoms with Crippen LogP contribution in [0.25, 0.3) is 0 Å². The second kappa shape index (κ2) is 6.53. The lowest BCUT2D eigenvalue weighted by Gasteiger charge is -2.39. The van der Waals surface area contributed by atoms with Crippen molar-refractivity contribution in [2.45, 2.75) is 50.7 Å². The fourth-order valence-electron chi connectivity index (χ4n) is 3.94. The van der Waals surface area contributed by atoms with Crippen molar-refractivity contribution < 1.29 is 18.0 Å². The van der Waals surface area contributed by atoms with E-state index in [0.717, 1.165) is 12.8 Å². The summed E-state index contributed by atoms with van der Waals surface area (Å²) in [7, 11) is 0. The molecule has 1 aromatic heterocycles. The van der Waals surface area contributed by atoms with Crippen molar-refractivity contribution in [3.05, 3.63) is 18.7 Å². The molecule has 23 heavy (non-hydrogen) atoms. The number of halogens is 3. The first-order valence-electron chi connectivity index (χ1n) is 8.30. The van der Waals surface area contributed by atoms with Gasteiger partial charge in [-0.25, -0.2) is 4.98 Å². The van der Waals surface area contributed by atoms with Gasteiger partial charge >= 0.3 is 6.18 Å². The summed E-state index contributed by atoms with van der Waals surface area (Å²) in [5.41, 5.74) is 0. The topological polar surface area (TPSA) is 38.1 Å². The number of piperidine rings is 1. The zero-order valence-corrected chi connectivity index (χ0v) is 13.0. The molecule has 1 aromatic rings. The van der Waals surface area contributed by atoms with Gasteiger partial charge in [-0.15, -0.1) is 0 Å². The van der Waals surface area contributed by atoms with Gasteiger partial charge in [0.25, 0.3) is 0 Å². The van der Waals surface area contributed by atoms with Gasteiger partial charge in [0.15, 0.2) is 0 Å². The van der Waals surface area contributed by atoms with Crippen molar-refractivity contribution in [2.24, 2.45) is 11.8 Å². The van der Waals surface area contributed by atoms with E-state index in [1.165, 1.54) is 0 Å². The lowest BCUT2D eigenvalue weighted by molar-refractivity contribution is -0.201. The van der Waals surface area contributed by atoms with E-state index in [9.17, 15) is 18.0 Å². The first-order valence-corrected chi connectivity index (χ1v) is 8.30. The third kappa shape index (κ3) is 3.53. The van der Waals surface area contributed by atoms with Crippen LogP contribution in [0, 0.1) is 11.8 Å². The summed E-state index contributed by atoms with van der Waals surface area (Å²) in [4.78, 5) is 18.4. The van der Waals surface area contributed by atoms with Crippen LogP contribution in [0.15, 0.2) is 18.7 Å². The predicted molar refractivity (Wildman–Crippen MR) is 78.6 cm³/mol. The molecule has 2 fully saturated rings. The van der Waals surface area contributed by atoms with Gasteiger partial charge in [0.2, 0.25) is 5.91 Å². The Hall–Kier alpha value is -1.53. The normalized spacial score (nSPS) is 29.5. The minimum absolute atomic E-state index is 0.0820. The van der Waals surface area contributed by atoms with Gasteiger partial charge in [-0.1, -0.05) is 12.8 Å². The van der Waals surface area contributed by atoms with Crippen LogP contribution in [-0.4, -0.2) is 39.6 Å². The molecule has 3 atom stereocenters. The first kappa shape index (κ1) is 16.3. The molecule has 128 valence electrons. The molecular formula is C16H22F3N3O. The quantitative estimate of drug-likeness (QED) is 0.834. The van der Waals surface area contributed by atoms with E-state index < -0.39 is 18.0 Å². The van der Waals surface area contributed by atoms with Gasteiger partial charge in [0.1, 0.15) is 0 Å². The zero-order valence-electron chi connectivity index (χ0n) is 13.0. The smallest absolute Gasteiger partial charge is 0.340 e. The second-order valence-corrected chi connectivity index (χ2v) is 6.63. The lowest BCUT2D eigenvalue weighted by atomic mass is 9.77. The monoisotopic (exact) mass is 329 g/mol. The molecule has 4 nitrogen and oxygen atoms in total. The number of amides is 1. The van der Waals surface area contributed by atoms with E-state index in [0.29, 0.717) is 32.4 Å². The van der Waals surface area contributed by atoms with E-state index in [4.69, 9.17) is 0 Å².